The van der Waals surface area contributed by atoms with Crippen LogP contribution in [0.15, 0.2) is 28.4 Å². The summed E-state index contributed by atoms with van der Waals surface area (Å²) in [5.41, 5.74) is 3.29. The highest BCUT2D eigenvalue weighted by atomic mass is 32.1. The minimum absolute atomic E-state index is 0.189. The summed E-state index contributed by atoms with van der Waals surface area (Å²) in [5.74, 6) is 0. The van der Waals surface area contributed by atoms with Gasteiger partial charge in [0.2, 0.25) is 0 Å². The molecule has 0 saturated heterocycles. The number of aromatic nitrogens is 1. The van der Waals surface area contributed by atoms with Crippen molar-refractivity contribution < 1.29 is 17.6 Å². The van der Waals surface area contributed by atoms with E-state index in [1.807, 2.05) is 0 Å². The van der Waals surface area contributed by atoms with Crippen molar-refractivity contribution >= 4 is 11.3 Å². The third-order valence-corrected chi connectivity index (χ3v) is 3.28. The van der Waals surface area contributed by atoms with Gasteiger partial charge in [0.05, 0.1) is 12.0 Å². The lowest BCUT2D eigenvalue weighted by Crippen LogP contribution is -2.47. The predicted octanol–water partition coefficient (Wildman–Crippen LogP) is 3.14. The van der Waals surface area contributed by atoms with Crippen LogP contribution in [0.1, 0.15) is 12.6 Å². The molecule has 0 radical (unpaired) electrons. The lowest BCUT2D eigenvalue weighted by atomic mass is 10.00. The van der Waals surface area contributed by atoms with Gasteiger partial charge in [-0.2, -0.15) is 13.2 Å². The first-order chi connectivity index (χ1) is 7.82. The minimum atomic E-state index is -4.53. The summed E-state index contributed by atoms with van der Waals surface area (Å²) >= 11 is 1.10. The summed E-state index contributed by atoms with van der Waals surface area (Å²) in [7, 11) is 0. The van der Waals surface area contributed by atoms with Crippen LogP contribution in [0.25, 0.3) is 10.6 Å². The van der Waals surface area contributed by atoms with Gasteiger partial charge >= 0.3 is 6.18 Å². The summed E-state index contributed by atoms with van der Waals surface area (Å²) in [4.78, 5) is 3.90. The van der Waals surface area contributed by atoms with Crippen molar-refractivity contribution in [3.8, 4) is 10.6 Å². The fraction of sp³-hybridized carbons (Fsp3) is 0.300. The van der Waals surface area contributed by atoms with Crippen molar-refractivity contribution in [3.05, 3.63) is 29.7 Å². The molecule has 0 fully saturated rings. The third-order valence-electron chi connectivity index (χ3n) is 2.39. The third kappa shape index (κ3) is 2.07. The summed E-state index contributed by atoms with van der Waals surface area (Å²) in [6, 6.07) is 1.63. The quantitative estimate of drug-likeness (QED) is 0.904. The normalized spacial score (nSPS) is 15.8. The Bertz CT molecular complexity index is 502. The Hall–Kier alpha value is -1.34. The fourth-order valence-electron chi connectivity index (χ4n) is 1.18. The molecule has 17 heavy (non-hydrogen) atoms. The van der Waals surface area contributed by atoms with Crippen LogP contribution in [0.5, 0.6) is 0 Å². The Morgan fingerprint density at radius 3 is 2.65 bits per heavy atom. The van der Waals surface area contributed by atoms with Crippen LogP contribution >= 0.6 is 11.3 Å². The highest BCUT2D eigenvalue weighted by Gasteiger charge is 2.51. The molecule has 1 unspecified atom stereocenters. The molecule has 0 aliphatic carbocycles. The largest absolute Gasteiger partial charge is 0.472 e. The number of alkyl halides is 3. The zero-order valence-corrected chi connectivity index (χ0v) is 9.60. The van der Waals surface area contributed by atoms with E-state index in [2.05, 4.69) is 4.98 Å². The standard InChI is InChI=1S/C10H9F3N2OS/c1-9(14,10(11,12)13)7-5-17-8(15-7)6-2-3-16-4-6/h2-5H,14H2,1H3. The number of nitrogens with zero attached hydrogens (tertiary/aromatic N) is 1. The van der Waals surface area contributed by atoms with Crippen LogP contribution in [0.4, 0.5) is 13.2 Å². The summed E-state index contributed by atoms with van der Waals surface area (Å²) in [6.07, 6.45) is -1.68. The van der Waals surface area contributed by atoms with E-state index in [0.717, 1.165) is 18.3 Å². The van der Waals surface area contributed by atoms with Crippen LogP contribution in [-0.4, -0.2) is 11.2 Å². The van der Waals surface area contributed by atoms with E-state index in [9.17, 15) is 13.2 Å². The average molecular weight is 262 g/mol. The molecule has 3 nitrogen and oxygen atoms in total. The van der Waals surface area contributed by atoms with Gasteiger partial charge in [-0.3, -0.25) is 0 Å². The van der Waals surface area contributed by atoms with Gasteiger partial charge in [-0.1, -0.05) is 0 Å². The SMILES string of the molecule is CC(N)(c1csc(-c2ccoc2)n1)C(F)(F)F. The van der Waals surface area contributed by atoms with E-state index in [-0.39, 0.29) is 5.69 Å². The second kappa shape index (κ2) is 3.85. The first kappa shape index (κ1) is 12.1. The Labute approximate surface area is 99.1 Å². The zero-order valence-electron chi connectivity index (χ0n) is 8.78. The summed E-state index contributed by atoms with van der Waals surface area (Å²) in [5, 5.41) is 1.77. The maximum Gasteiger partial charge on any atom is 0.411 e. The number of nitrogens with two attached hydrogens (primary N) is 1. The molecule has 0 spiro atoms. The van der Waals surface area contributed by atoms with Crippen LogP contribution in [0, 0.1) is 0 Å². The number of thiazole rings is 1. The van der Waals surface area contributed by atoms with Crippen LogP contribution < -0.4 is 5.73 Å². The van der Waals surface area contributed by atoms with E-state index in [4.69, 9.17) is 10.2 Å². The highest BCUT2D eigenvalue weighted by Crippen LogP contribution is 2.38. The van der Waals surface area contributed by atoms with Gasteiger partial charge in [0.1, 0.15) is 11.3 Å². The zero-order chi connectivity index (χ0) is 12.7. The second-order valence-corrected chi connectivity index (χ2v) is 4.61. The average Bonchev–Trinajstić information content (AvgIpc) is 2.87. The Kier molecular flexibility index (Phi) is 2.75. The molecule has 92 valence electrons. The van der Waals surface area contributed by atoms with Crippen LogP contribution in [-0.2, 0) is 5.54 Å². The Morgan fingerprint density at radius 2 is 2.12 bits per heavy atom. The number of halogens is 3. The molecule has 2 N–H and O–H groups in total. The monoisotopic (exact) mass is 262 g/mol. The maximum atomic E-state index is 12.7. The topological polar surface area (TPSA) is 52.0 Å². The molecular weight excluding hydrogens is 253 g/mol. The lowest BCUT2D eigenvalue weighted by Gasteiger charge is -2.25. The van der Waals surface area contributed by atoms with Gasteiger partial charge in [0.25, 0.3) is 0 Å². The summed E-state index contributed by atoms with van der Waals surface area (Å²) < 4.78 is 42.9. The molecule has 2 heterocycles. The molecule has 7 heteroatoms. The molecule has 2 rings (SSSR count). The molecule has 0 saturated carbocycles. The van der Waals surface area contributed by atoms with Crippen molar-refractivity contribution in [2.24, 2.45) is 5.73 Å². The molecule has 2 aromatic rings. The maximum absolute atomic E-state index is 12.7. The van der Waals surface area contributed by atoms with Crippen molar-refractivity contribution in [2.45, 2.75) is 18.6 Å². The second-order valence-electron chi connectivity index (χ2n) is 3.75. The van der Waals surface area contributed by atoms with Gasteiger partial charge in [0.15, 0.2) is 5.54 Å². The molecular formula is C10H9F3N2OS. The Balaban J connectivity index is 2.37. The summed E-state index contributed by atoms with van der Waals surface area (Å²) in [6.45, 7) is 0.904. The molecule has 2 aromatic heterocycles. The van der Waals surface area contributed by atoms with E-state index >= 15 is 0 Å². The van der Waals surface area contributed by atoms with E-state index < -0.39 is 11.7 Å². The van der Waals surface area contributed by atoms with Crippen molar-refractivity contribution in [1.82, 2.24) is 4.98 Å². The van der Waals surface area contributed by atoms with Crippen molar-refractivity contribution in [1.29, 1.82) is 0 Å². The number of rotatable bonds is 2. The Morgan fingerprint density at radius 1 is 1.41 bits per heavy atom. The van der Waals surface area contributed by atoms with E-state index in [1.165, 1.54) is 17.9 Å². The number of furan rings is 1. The van der Waals surface area contributed by atoms with Gasteiger partial charge in [-0.05, 0) is 13.0 Å². The van der Waals surface area contributed by atoms with Gasteiger partial charge in [-0.15, -0.1) is 11.3 Å². The molecule has 0 aliphatic rings. The first-order valence-corrected chi connectivity index (χ1v) is 5.54. The number of hydrogen-bond acceptors (Lipinski definition) is 4. The minimum Gasteiger partial charge on any atom is -0.472 e. The van der Waals surface area contributed by atoms with Crippen molar-refractivity contribution in [2.75, 3.05) is 0 Å². The highest BCUT2D eigenvalue weighted by molar-refractivity contribution is 7.13. The van der Waals surface area contributed by atoms with Gasteiger partial charge in [-0.25, -0.2) is 4.98 Å². The van der Waals surface area contributed by atoms with Crippen LogP contribution in [0.3, 0.4) is 0 Å². The first-order valence-electron chi connectivity index (χ1n) is 4.66. The smallest absolute Gasteiger partial charge is 0.411 e. The molecule has 0 aliphatic heterocycles. The van der Waals surface area contributed by atoms with Gasteiger partial charge < -0.3 is 10.2 Å². The molecule has 0 bridgehead atoms. The predicted molar refractivity (Wildman–Crippen MR) is 57.4 cm³/mol. The van der Waals surface area contributed by atoms with Gasteiger partial charge in [0, 0.05) is 10.9 Å². The van der Waals surface area contributed by atoms with E-state index in [0.29, 0.717) is 10.6 Å². The van der Waals surface area contributed by atoms with E-state index in [1.54, 1.807) is 6.07 Å². The molecule has 0 amide bonds. The number of hydrogen-bond donors (Lipinski definition) is 1. The van der Waals surface area contributed by atoms with Crippen LogP contribution in [0.2, 0.25) is 0 Å². The lowest BCUT2D eigenvalue weighted by molar-refractivity contribution is -0.185. The molecule has 1 atom stereocenters. The van der Waals surface area contributed by atoms with Crippen molar-refractivity contribution in [3.63, 3.8) is 0 Å². The fourth-order valence-corrected chi connectivity index (χ4v) is 2.10. The molecule has 0 aromatic carbocycles.